The number of benzene rings is 1. The number of hydrogen-bond acceptors (Lipinski definition) is 4. The molecule has 0 fully saturated rings. The Hall–Kier alpha value is -0.710. The molecule has 1 atom stereocenters. The molecule has 0 spiro atoms. The van der Waals surface area contributed by atoms with Crippen molar-refractivity contribution in [1.82, 2.24) is 4.90 Å². The first-order chi connectivity index (χ1) is 8.74. The summed E-state index contributed by atoms with van der Waals surface area (Å²) in [4.78, 5) is 2.31. The van der Waals surface area contributed by atoms with Crippen molar-refractivity contribution < 1.29 is 4.74 Å². The molecule has 0 saturated heterocycles. The van der Waals surface area contributed by atoms with E-state index < -0.39 is 0 Å². The van der Waals surface area contributed by atoms with Crippen LogP contribution in [0.1, 0.15) is 18.0 Å². The van der Waals surface area contributed by atoms with Crippen molar-refractivity contribution >= 4 is 11.8 Å². The molecule has 0 aliphatic heterocycles. The van der Waals surface area contributed by atoms with Gasteiger partial charge in [-0.05, 0) is 38.1 Å². The molecular weight excluding hydrogens is 244 g/mol. The zero-order valence-electron chi connectivity index (χ0n) is 11.6. The van der Waals surface area contributed by atoms with E-state index in [0.29, 0.717) is 6.54 Å². The Kier molecular flexibility index (Phi) is 7.16. The Morgan fingerprint density at radius 3 is 2.72 bits per heavy atom. The number of rotatable bonds is 8. The lowest BCUT2D eigenvalue weighted by atomic mass is 10.0. The quantitative estimate of drug-likeness (QED) is 0.735. The van der Waals surface area contributed by atoms with Crippen LogP contribution in [-0.4, -0.2) is 44.2 Å². The summed E-state index contributed by atoms with van der Waals surface area (Å²) >= 11 is 1.88. The smallest absolute Gasteiger partial charge is 0.123 e. The molecule has 4 heteroatoms. The molecule has 102 valence electrons. The lowest BCUT2D eigenvalue weighted by molar-refractivity contribution is 0.245. The number of nitrogens with zero attached hydrogens (tertiary/aromatic N) is 1. The molecular formula is C14H24N2OS. The average molecular weight is 268 g/mol. The second kappa shape index (κ2) is 8.40. The molecule has 0 aliphatic carbocycles. The number of para-hydroxylation sites is 1. The van der Waals surface area contributed by atoms with E-state index in [2.05, 4.69) is 24.3 Å². The number of nitrogens with two attached hydrogens (primary N) is 1. The topological polar surface area (TPSA) is 38.5 Å². The van der Waals surface area contributed by atoms with Gasteiger partial charge in [-0.25, -0.2) is 0 Å². The van der Waals surface area contributed by atoms with E-state index in [9.17, 15) is 0 Å². The van der Waals surface area contributed by atoms with Gasteiger partial charge in [-0.15, -0.1) is 0 Å². The molecule has 0 heterocycles. The first-order valence-electron chi connectivity index (χ1n) is 6.26. The summed E-state index contributed by atoms with van der Waals surface area (Å²) < 4.78 is 5.42. The number of methoxy groups -OCH3 is 1. The maximum Gasteiger partial charge on any atom is 0.123 e. The molecule has 0 amide bonds. The van der Waals surface area contributed by atoms with Gasteiger partial charge in [0.2, 0.25) is 0 Å². The van der Waals surface area contributed by atoms with Gasteiger partial charge >= 0.3 is 0 Å². The minimum atomic E-state index is 0.225. The largest absolute Gasteiger partial charge is 0.496 e. The van der Waals surface area contributed by atoms with Gasteiger partial charge < -0.3 is 10.5 Å². The van der Waals surface area contributed by atoms with Crippen molar-refractivity contribution in [3.63, 3.8) is 0 Å². The van der Waals surface area contributed by atoms with Crippen LogP contribution in [0.2, 0.25) is 0 Å². The lowest BCUT2D eigenvalue weighted by Gasteiger charge is -2.28. The molecule has 0 radical (unpaired) electrons. The van der Waals surface area contributed by atoms with Crippen molar-refractivity contribution in [2.45, 2.75) is 12.5 Å². The van der Waals surface area contributed by atoms with Crippen LogP contribution in [0.4, 0.5) is 0 Å². The Morgan fingerprint density at radius 1 is 1.39 bits per heavy atom. The van der Waals surface area contributed by atoms with Crippen LogP contribution < -0.4 is 10.5 Å². The highest BCUT2D eigenvalue weighted by Gasteiger charge is 2.18. The van der Waals surface area contributed by atoms with Crippen molar-refractivity contribution in [2.75, 3.05) is 39.3 Å². The average Bonchev–Trinajstić information content (AvgIpc) is 2.40. The molecule has 1 unspecified atom stereocenters. The standard InChI is InChI=1S/C14H24N2OS/c1-16(9-6-10-18-3)13(11-15)12-7-4-5-8-14(12)17-2/h4-5,7-8,13H,6,9-11,15H2,1-3H3. The van der Waals surface area contributed by atoms with Crippen LogP contribution in [0.15, 0.2) is 24.3 Å². The van der Waals surface area contributed by atoms with Crippen LogP contribution >= 0.6 is 11.8 Å². The van der Waals surface area contributed by atoms with E-state index in [1.54, 1.807) is 7.11 Å². The number of hydrogen-bond donors (Lipinski definition) is 1. The van der Waals surface area contributed by atoms with Crippen molar-refractivity contribution in [1.29, 1.82) is 0 Å². The number of likely N-dealkylation sites (N-methyl/N-ethyl adjacent to an activating group) is 1. The Labute approximate surface area is 115 Å². The number of ether oxygens (including phenoxy) is 1. The minimum absolute atomic E-state index is 0.225. The summed E-state index contributed by atoms with van der Waals surface area (Å²) in [7, 11) is 3.84. The molecule has 1 aromatic rings. The summed E-state index contributed by atoms with van der Waals surface area (Å²) in [6.07, 6.45) is 3.32. The summed E-state index contributed by atoms with van der Waals surface area (Å²) in [5, 5.41) is 0. The Morgan fingerprint density at radius 2 is 2.11 bits per heavy atom. The highest BCUT2D eigenvalue weighted by molar-refractivity contribution is 7.98. The van der Waals surface area contributed by atoms with Gasteiger partial charge in [-0.2, -0.15) is 11.8 Å². The second-order valence-corrected chi connectivity index (χ2v) is 5.31. The predicted molar refractivity (Wildman–Crippen MR) is 80.4 cm³/mol. The van der Waals surface area contributed by atoms with Gasteiger partial charge in [0.15, 0.2) is 0 Å². The number of thioether (sulfide) groups is 1. The van der Waals surface area contributed by atoms with Gasteiger partial charge in [0.05, 0.1) is 13.2 Å². The van der Waals surface area contributed by atoms with Crippen LogP contribution in [0, 0.1) is 0 Å². The third-order valence-electron chi connectivity index (χ3n) is 3.11. The van der Waals surface area contributed by atoms with Crippen LogP contribution in [0.25, 0.3) is 0 Å². The molecule has 1 rings (SSSR count). The van der Waals surface area contributed by atoms with E-state index in [0.717, 1.165) is 12.3 Å². The van der Waals surface area contributed by atoms with Crippen LogP contribution in [0.5, 0.6) is 5.75 Å². The van der Waals surface area contributed by atoms with Gasteiger partial charge in [0, 0.05) is 12.1 Å². The molecule has 2 N–H and O–H groups in total. The maximum absolute atomic E-state index is 5.93. The second-order valence-electron chi connectivity index (χ2n) is 4.32. The summed E-state index contributed by atoms with van der Waals surface area (Å²) in [5.41, 5.74) is 7.11. The highest BCUT2D eigenvalue weighted by atomic mass is 32.2. The van der Waals surface area contributed by atoms with Gasteiger partial charge in [-0.3, -0.25) is 4.90 Å². The first kappa shape index (κ1) is 15.3. The zero-order chi connectivity index (χ0) is 13.4. The van der Waals surface area contributed by atoms with Crippen molar-refractivity contribution in [2.24, 2.45) is 5.73 Å². The van der Waals surface area contributed by atoms with Crippen molar-refractivity contribution in [3.05, 3.63) is 29.8 Å². The lowest BCUT2D eigenvalue weighted by Crippen LogP contribution is -2.31. The van der Waals surface area contributed by atoms with Crippen molar-refractivity contribution in [3.8, 4) is 5.75 Å². The predicted octanol–water partition coefficient (Wildman–Crippen LogP) is 2.38. The fourth-order valence-corrected chi connectivity index (χ4v) is 2.52. The fourth-order valence-electron chi connectivity index (χ4n) is 2.10. The van der Waals surface area contributed by atoms with E-state index in [-0.39, 0.29) is 6.04 Å². The maximum atomic E-state index is 5.93. The minimum Gasteiger partial charge on any atom is -0.496 e. The fraction of sp³-hybridized carbons (Fsp3) is 0.571. The van der Waals surface area contributed by atoms with Crippen LogP contribution in [0.3, 0.4) is 0 Å². The summed E-state index contributed by atoms with van der Waals surface area (Å²) in [5.74, 6) is 2.11. The van der Waals surface area contributed by atoms with Gasteiger partial charge in [0.25, 0.3) is 0 Å². The molecule has 0 aliphatic rings. The zero-order valence-corrected chi connectivity index (χ0v) is 12.4. The molecule has 0 saturated carbocycles. The normalized spacial score (nSPS) is 12.7. The molecule has 3 nitrogen and oxygen atoms in total. The Balaban J connectivity index is 2.75. The summed E-state index contributed by atoms with van der Waals surface area (Å²) in [6, 6.07) is 8.35. The van der Waals surface area contributed by atoms with Crippen LogP contribution in [-0.2, 0) is 0 Å². The first-order valence-corrected chi connectivity index (χ1v) is 7.66. The molecule has 18 heavy (non-hydrogen) atoms. The van der Waals surface area contributed by atoms with Gasteiger partial charge in [0.1, 0.15) is 5.75 Å². The van der Waals surface area contributed by atoms with E-state index in [4.69, 9.17) is 10.5 Å². The third kappa shape index (κ3) is 4.19. The summed E-state index contributed by atoms with van der Waals surface area (Å²) in [6.45, 7) is 1.66. The molecule has 1 aromatic carbocycles. The SMILES string of the molecule is COc1ccccc1C(CN)N(C)CCCSC. The monoisotopic (exact) mass is 268 g/mol. The van der Waals surface area contributed by atoms with Gasteiger partial charge in [-0.1, -0.05) is 18.2 Å². The highest BCUT2D eigenvalue weighted by Crippen LogP contribution is 2.27. The third-order valence-corrected chi connectivity index (χ3v) is 3.81. The molecule has 0 bridgehead atoms. The molecule has 0 aromatic heterocycles. The van der Waals surface area contributed by atoms with E-state index >= 15 is 0 Å². The Bertz CT molecular complexity index is 346. The van der Waals surface area contributed by atoms with E-state index in [1.165, 1.54) is 17.7 Å². The van der Waals surface area contributed by atoms with E-state index in [1.807, 2.05) is 30.0 Å².